The van der Waals surface area contributed by atoms with Crippen molar-refractivity contribution in [3.05, 3.63) is 12.2 Å². The third kappa shape index (κ3) is 37.2. The Kier molecular flexibility index (Phi) is 42.0. The normalized spacial score (nSPS) is 15.6. The number of rotatable bonds is 47. The van der Waals surface area contributed by atoms with Gasteiger partial charge in [0.15, 0.2) is 18.5 Å². The maximum absolute atomic E-state index is 13.5. The van der Waals surface area contributed by atoms with Gasteiger partial charge in [0.2, 0.25) is 0 Å². The SMILES string of the molecule is CCCCCCCC/C=C\CCCCCCCC(=O)OCC(OC(=O)CCN1CCCCC1)C(COC(=O)CCC(OCCCCCCCC)OCCCCCCCC)OC(=O)CCN1CCCCC1. The molecule has 2 rings (SSSR count). The maximum Gasteiger partial charge on any atom is 0.307 e. The zero-order valence-corrected chi connectivity index (χ0v) is 45.4. The van der Waals surface area contributed by atoms with Gasteiger partial charge in [-0.2, -0.15) is 0 Å². The van der Waals surface area contributed by atoms with Gasteiger partial charge in [0.05, 0.1) is 19.3 Å². The monoisotopic (exact) mass is 991 g/mol. The van der Waals surface area contributed by atoms with Gasteiger partial charge in [-0.25, -0.2) is 0 Å². The summed E-state index contributed by atoms with van der Waals surface area (Å²) in [5, 5.41) is 0. The molecule has 0 bridgehead atoms. The van der Waals surface area contributed by atoms with Crippen molar-refractivity contribution in [2.45, 2.75) is 270 Å². The number of nitrogens with zero attached hydrogens (tertiary/aromatic N) is 2. The Hall–Kier alpha value is -2.54. The Bertz CT molecular complexity index is 1270. The lowest BCUT2D eigenvalue weighted by Gasteiger charge is -2.29. The molecule has 0 amide bonds. The number of carbonyl (C=O) groups excluding carboxylic acids is 4. The summed E-state index contributed by atoms with van der Waals surface area (Å²) >= 11 is 0. The molecule has 2 unspecified atom stereocenters. The number of hydrogen-bond acceptors (Lipinski definition) is 12. The number of likely N-dealkylation sites (tertiary alicyclic amines) is 2. The van der Waals surface area contributed by atoms with Crippen LogP contribution in [0.2, 0.25) is 0 Å². The first-order valence-electron chi connectivity index (χ1n) is 29.4. The predicted octanol–water partition coefficient (Wildman–Crippen LogP) is 13.5. The van der Waals surface area contributed by atoms with Gasteiger partial charge >= 0.3 is 23.9 Å². The first kappa shape index (κ1) is 63.6. The van der Waals surface area contributed by atoms with Crippen molar-refractivity contribution in [3.8, 4) is 0 Å². The highest BCUT2D eigenvalue weighted by atomic mass is 16.7. The zero-order chi connectivity index (χ0) is 50.4. The first-order valence-corrected chi connectivity index (χ1v) is 29.4. The fourth-order valence-electron chi connectivity index (χ4n) is 9.23. The second kappa shape index (κ2) is 46.3. The molecule has 0 aliphatic carbocycles. The Morgan fingerprint density at radius 3 is 1.21 bits per heavy atom. The van der Waals surface area contributed by atoms with Crippen LogP contribution in [0.4, 0.5) is 0 Å². The van der Waals surface area contributed by atoms with Gasteiger partial charge in [0.1, 0.15) is 13.2 Å². The lowest BCUT2D eigenvalue weighted by atomic mass is 10.1. The zero-order valence-electron chi connectivity index (χ0n) is 45.4. The molecule has 12 nitrogen and oxygen atoms in total. The second-order valence-corrected chi connectivity index (χ2v) is 20.3. The van der Waals surface area contributed by atoms with E-state index in [1.54, 1.807) is 0 Å². The van der Waals surface area contributed by atoms with E-state index >= 15 is 0 Å². The summed E-state index contributed by atoms with van der Waals surface area (Å²) in [7, 11) is 0. The van der Waals surface area contributed by atoms with Crippen LogP contribution in [0, 0.1) is 0 Å². The highest BCUT2D eigenvalue weighted by Gasteiger charge is 2.32. The van der Waals surface area contributed by atoms with Crippen molar-refractivity contribution in [2.24, 2.45) is 0 Å². The summed E-state index contributed by atoms with van der Waals surface area (Å²) in [5.41, 5.74) is 0. The smallest absolute Gasteiger partial charge is 0.307 e. The average molecular weight is 991 g/mol. The summed E-state index contributed by atoms with van der Waals surface area (Å²) in [5.74, 6) is -1.85. The van der Waals surface area contributed by atoms with Gasteiger partial charge in [-0.05, 0) is 96.8 Å². The minimum Gasteiger partial charge on any atom is -0.462 e. The van der Waals surface area contributed by atoms with Crippen LogP contribution in [0.5, 0.6) is 0 Å². The molecule has 0 aromatic carbocycles. The Morgan fingerprint density at radius 1 is 0.414 bits per heavy atom. The lowest BCUT2D eigenvalue weighted by molar-refractivity contribution is -0.184. The number of hydrogen-bond donors (Lipinski definition) is 0. The van der Waals surface area contributed by atoms with Crippen molar-refractivity contribution in [2.75, 3.05) is 65.7 Å². The number of ether oxygens (including phenoxy) is 6. The molecule has 12 heteroatoms. The summed E-state index contributed by atoms with van der Waals surface area (Å²) in [6.07, 6.45) is 38.4. The van der Waals surface area contributed by atoms with Gasteiger partial charge in [-0.3, -0.25) is 19.2 Å². The van der Waals surface area contributed by atoms with Crippen LogP contribution >= 0.6 is 0 Å². The average Bonchev–Trinajstić information content (AvgIpc) is 3.37. The van der Waals surface area contributed by atoms with Crippen LogP contribution in [0.15, 0.2) is 12.2 Å². The molecule has 2 heterocycles. The van der Waals surface area contributed by atoms with E-state index < -0.39 is 42.4 Å². The molecule has 0 aromatic rings. The predicted molar refractivity (Wildman–Crippen MR) is 283 cm³/mol. The van der Waals surface area contributed by atoms with Crippen LogP contribution < -0.4 is 0 Å². The largest absolute Gasteiger partial charge is 0.462 e. The van der Waals surface area contributed by atoms with Crippen LogP contribution in [-0.4, -0.2) is 118 Å². The Balaban J connectivity index is 2.03. The summed E-state index contributed by atoms with van der Waals surface area (Å²) in [6.45, 7) is 12.0. The van der Waals surface area contributed by atoms with Gasteiger partial charge in [-0.1, -0.05) is 161 Å². The molecule has 2 fully saturated rings. The quantitative estimate of drug-likeness (QED) is 0.0189. The topological polar surface area (TPSA) is 130 Å². The number of allylic oxidation sites excluding steroid dienone is 2. The summed E-state index contributed by atoms with van der Waals surface area (Å²) in [4.78, 5) is 58.1. The highest BCUT2D eigenvalue weighted by Crippen LogP contribution is 2.18. The van der Waals surface area contributed by atoms with E-state index in [-0.39, 0.29) is 38.9 Å². The van der Waals surface area contributed by atoms with Crippen LogP contribution in [0.25, 0.3) is 0 Å². The minimum atomic E-state index is -1.16. The maximum atomic E-state index is 13.5. The molecule has 2 aliphatic heterocycles. The van der Waals surface area contributed by atoms with E-state index in [1.165, 1.54) is 109 Å². The van der Waals surface area contributed by atoms with Gasteiger partial charge in [0, 0.05) is 39.1 Å². The Morgan fingerprint density at radius 2 is 0.786 bits per heavy atom. The highest BCUT2D eigenvalue weighted by molar-refractivity contribution is 5.72. The van der Waals surface area contributed by atoms with Crippen LogP contribution in [0.3, 0.4) is 0 Å². The fraction of sp³-hybridized carbons (Fsp3) is 0.897. The molecular weight excluding hydrogens is 885 g/mol. The van der Waals surface area contributed by atoms with Crippen LogP contribution in [-0.2, 0) is 47.6 Å². The molecular formula is C58H106N2O10. The molecule has 408 valence electrons. The third-order valence-electron chi connectivity index (χ3n) is 13.8. The molecule has 0 spiro atoms. The second-order valence-electron chi connectivity index (χ2n) is 20.3. The van der Waals surface area contributed by atoms with Crippen molar-refractivity contribution >= 4 is 23.9 Å². The molecule has 2 saturated heterocycles. The van der Waals surface area contributed by atoms with E-state index in [0.717, 1.165) is 110 Å². The fourth-order valence-corrected chi connectivity index (χ4v) is 9.23. The molecule has 0 N–H and O–H groups in total. The number of piperidine rings is 2. The first-order chi connectivity index (χ1) is 34.3. The number of carbonyl (C=O) groups is 4. The van der Waals surface area contributed by atoms with Crippen LogP contribution in [0.1, 0.15) is 252 Å². The van der Waals surface area contributed by atoms with E-state index in [4.69, 9.17) is 28.4 Å². The van der Waals surface area contributed by atoms with E-state index in [1.807, 2.05) is 0 Å². The van der Waals surface area contributed by atoms with Gasteiger partial charge in [0.25, 0.3) is 0 Å². The van der Waals surface area contributed by atoms with Crippen molar-refractivity contribution < 1.29 is 47.6 Å². The van der Waals surface area contributed by atoms with Gasteiger partial charge in [-0.15, -0.1) is 0 Å². The molecule has 0 aromatic heterocycles. The molecule has 2 aliphatic rings. The standard InChI is InChI=1S/C58H106N2O10/c1-4-7-10-13-16-17-18-19-20-21-22-23-24-25-30-37-54(61)67-50-52(69-56(63)40-46-59-42-31-28-32-43-59)53(70-57(64)41-47-60-44-33-29-34-45-60)51-68-55(62)38-39-58(65-48-35-26-14-11-8-5-2)66-49-36-27-15-12-9-6-3/h19-20,52-53,58H,4-18,21-51H2,1-3H3/b20-19-. The van der Waals surface area contributed by atoms with E-state index in [2.05, 4.69) is 42.7 Å². The minimum absolute atomic E-state index is 0.0402. The summed E-state index contributed by atoms with van der Waals surface area (Å²) < 4.78 is 36.0. The van der Waals surface area contributed by atoms with Crippen molar-refractivity contribution in [3.63, 3.8) is 0 Å². The number of unbranched alkanes of at least 4 members (excludes halogenated alkanes) is 21. The molecule has 2 atom stereocenters. The third-order valence-corrected chi connectivity index (χ3v) is 13.8. The van der Waals surface area contributed by atoms with Crippen molar-refractivity contribution in [1.82, 2.24) is 9.80 Å². The molecule has 0 radical (unpaired) electrons. The lowest BCUT2D eigenvalue weighted by Crippen LogP contribution is -2.43. The molecule has 70 heavy (non-hydrogen) atoms. The molecule has 0 saturated carbocycles. The van der Waals surface area contributed by atoms with Gasteiger partial charge < -0.3 is 38.2 Å². The number of esters is 4. The van der Waals surface area contributed by atoms with E-state index in [0.29, 0.717) is 39.1 Å². The van der Waals surface area contributed by atoms with Crippen molar-refractivity contribution in [1.29, 1.82) is 0 Å². The van der Waals surface area contributed by atoms with E-state index in [9.17, 15) is 19.2 Å². The Labute approximate surface area is 428 Å². The summed E-state index contributed by atoms with van der Waals surface area (Å²) in [6, 6.07) is 0.